The average Bonchev–Trinajstić information content (AvgIpc) is 3.56. The van der Waals surface area contributed by atoms with Gasteiger partial charge in [-0.1, -0.05) is 89.3 Å². The van der Waals surface area contributed by atoms with Gasteiger partial charge < -0.3 is 30.5 Å². The van der Waals surface area contributed by atoms with Crippen LogP contribution >= 0.6 is 23.3 Å². The molecule has 3 unspecified atom stereocenters. The third-order valence-corrected chi connectivity index (χ3v) is 11.2. The Balaban J connectivity index is 1.41. The van der Waals surface area contributed by atoms with E-state index in [1.165, 1.54) is 63.8 Å². The first-order chi connectivity index (χ1) is 24.5. The molecule has 2 aromatic heterocycles. The maximum atomic E-state index is 13.5. The van der Waals surface area contributed by atoms with E-state index < -0.39 is 46.6 Å². The van der Waals surface area contributed by atoms with Gasteiger partial charge in [-0.05, 0) is 12.3 Å². The number of oxime groups is 1. The first-order valence-corrected chi connectivity index (χ1v) is 19.5. The molecule has 2 amide bonds. The summed E-state index contributed by atoms with van der Waals surface area (Å²) in [6, 6.07) is 4.17. The lowest BCUT2D eigenvalue weighted by atomic mass is 9.94. The minimum atomic E-state index is -1.61. The SMILES string of the molecule is CCCC(CC)CCCCCCCCCC(=O)OC(C)(C1=C(C(=O)[O-])N2C(=O)C(NC(=O)/C(=N/OC)c3nsc(N)n3)[C@H]2SC1)[n+]1ccccc1. The van der Waals surface area contributed by atoms with Crippen LogP contribution in [-0.2, 0) is 34.5 Å². The number of nitrogens with one attached hydrogen (secondary N) is 1. The summed E-state index contributed by atoms with van der Waals surface area (Å²) in [4.78, 5) is 62.4. The van der Waals surface area contributed by atoms with Gasteiger partial charge in [0, 0.05) is 42.8 Å². The van der Waals surface area contributed by atoms with Crippen LogP contribution in [0.25, 0.3) is 0 Å². The number of aliphatic carboxylic acids is 1. The number of nitrogens with two attached hydrogens (primary N) is 1. The lowest BCUT2D eigenvalue weighted by Crippen LogP contribution is -2.73. The molecule has 4 heterocycles. The van der Waals surface area contributed by atoms with Gasteiger partial charge in [0.1, 0.15) is 18.5 Å². The number of fused-ring (bicyclic) bond motifs is 1. The standard InChI is InChI=1S/C35H49N7O7S2/c1-5-17-23(6-2)18-13-10-8-7-9-11-14-19-25(43)49-35(3,41-20-15-12-16-21-41)24-22-50-32-27(31(45)42(32)28(24)33(46)47)37-30(44)26(39-48-4)29-38-34(36)51-40-29/h12,15-16,20-21,23,27,32H,5-11,13-14,17-19,22H2,1-4H3,(H3-,36,37,38,40,44,46,47)/b39-26+/t23?,27?,32-,35?/m1/s1. The Morgan fingerprint density at radius 1 is 1.12 bits per heavy atom. The summed E-state index contributed by atoms with van der Waals surface area (Å²) in [6.45, 7) is 6.13. The number of carbonyl (C=O) groups is 4. The van der Waals surface area contributed by atoms with Gasteiger partial charge in [0.15, 0.2) is 17.5 Å². The number of aromatic nitrogens is 3. The fourth-order valence-corrected chi connectivity index (χ4v) is 8.46. The molecular weight excluding hydrogens is 695 g/mol. The van der Waals surface area contributed by atoms with Crippen LogP contribution in [0.15, 0.2) is 47.0 Å². The van der Waals surface area contributed by atoms with Crippen molar-refractivity contribution >= 4 is 57.9 Å². The summed E-state index contributed by atoms with van der Waals surface area (Å²) in [5.74, 6) is -2.74. The largest absolute Gasteiger partial charge is 0.543 e. The Hall–Kier alpha value is -4.05. The van der Waals surface area contributed by atoms with Gasteiger partial charge in [-0.25, -0.2) is 0 Å². The molecule has 2 aliphatic rings. The highest BCUT2D eigenvalue weighted by atomic mass is 32.2. The van der Waals surface area contributed by atoms with Crippen molar-refractivity contribution in [2.75, 3.05) is 18.6 Å². The number of anilines is 1. The Bertz CT molecular complexity index is 1580. The first-order valence-electron chi connectivity index (χ1n) is 17.6. The lowest BCUT2D eigenvalue weighted by Gasteiger charge is -2.51. The number of carboxylic acid groups (broad SMARTS) is 1. The summed E-state index contributed by atoms with van der Waals surface area (Å²) in [5, 5.41) is 18.3. The van der Waals surface area contributed by atoms with E-state index in [1.54, 1.807) is 42.1 Å². The Morgan fingerprint density at radius 3 is 2.41 bits per heavy atom. The highest BCUT2D eigenvalue weighted by Gasteiger charge is 2.57. The zero-order valence-electron chi connectivity index (χ0n) is 29.8. The average molecular weight is 744 g/mol. The van der Waals surface area contributed by atoms with E-state index in [-0.39, 0.29) is 34.4 Å². The minimum Gasteiger partial charge on any atom is -0.543 e. The molecule has 51 heavy (non-hydrogen) atoms. The molecule has 0 radical (unpaired) electrons. The molecule has 2 aliphatic heterocycles. The molecule has 0 aromatic carbocycles. The number of hydrogen-bond acceptors (Lipinski definition) is 13. The summed E-state index contributed by atoms with van der Waals surface area (Å²) in [5.41, 5.74) is 3.55. The van der Waals surface area contributed by atoms with Gasteiger partial charge >= 0.3 is 11.7 Å². The van der Waals surface area contributed by atoms with Crippen LogP contribution in [0, 0.1) is 5.92 Å². The van der Waals surface area contributed by atoms with Gasteiger partial charge in [-0.15, -0.1) is 11.8 Å². The van der Waals surface area contributed by atoms with Crippen molar-refractivity contribution in [1.29, 1.82) is 0 Å². The topological polar surface area (TPSA) is 193 Å². The number of unbranched alkanes of at least 4 members (excludes halogenated alkanes) is 6. The second-order valence-corrected chi connectivity index (χ2v) is 14.8. The molecule has 16 heteroatoms. The molecule has 2 aromatic rings. The smallest absolute Gasteiger partial charge is 0.337 e. The number of amides is 2. The molecule has 1 fully saturated rings. The van der Waals surface area contributed by atoms with Crippen LogP contribution in [0.5, 0.6) is 0 Å². The zero-order valence-corrected chi connectivity index (χ0v) is 31.4. The van der Waals surface area contributed by atoms with Crippen LogP contribution in [0.1, 0.15) is 104 Å². The third-order valence-electron chi connectivity index (χ3n) is 9.35. The fourth-order valence-electron chi connectivity index (χ4n) is 6.55. The summed E-state index contributed by atoms with van der Waals surface area (Å²) < 4.78 is 11.7. The van der Waals surface area contributed by atoms with Gasteiger partial charge in [-0.2, -0.15) is 13.9 Å². The highest BCUT2D eigenvalue weighted by Crippen LogP contribution is 2.44. The minimum absolute atomic E-state index is 0.0659. The van der Waals surface area contributed by atoms with E-state index in [9.17, 15) is 24.3 Å². The van der Waals surface area contributed by atoms with Crippen molar-refractivity contribution in [3.8, 4) is 0 Å². The molecule has 4 atom stereocenters. The molecular formula is C35H49N7O7S2. The second-order valence-electron chi connectivity index (χ2n) is 12.9. The summed E-state index contributed by atoms with van der Waals surface area (Å²) >= 11 is 2.08. The van der Waals surface area contributed by atoms with Gasteiger partial charge in [-0.3, -0.25) is 19.3 Å². The number of hydrogen-bond donors (Lipinski definition) is 2. The quantitative estimate of drug-likeness (QED) is 0.0476. The molecule has 14 nitrogen and oxygen atoms in total. The molecule has 0 aliphatic carbocycles. The maximum Gasteiger partial charge on any atom is 0.337 e. The van der Waals surface area contributed by atoms with E-state index in [1.807, 2.05) is 0 Å². The van der Waals surface area contributed by atoms with Crippen LogP contribution < -0.4 is 20.7 Å². The number of pyridine rings is 1. The van der Waals surface area contributed by atoms with Gasteiger partial charge in [0.2, 0.25) is 11.5 Å². The number of thioether (sulfide) groups is 1. The molecule has 4 rings (SSSR count). The van der Waals surface area contributed by atoms with E-state index in [4.69, 9.17) is 15.3 Å². The molecule has 0 spiro atoms. The van der Waals surface area contributed by atoms with Crippen molar-refractivity contribution in [2.45, 2.75) is 115 Å². The van der Waals surface area contributed by atoms with Crippen LogP contribution in [0.4, 0.5) is 5.13 Å². The van der Waals surface area contributed by atoms with E-state index >= 15 is 0 Å². The second kappa shape index (κ2) is 19.0. The van der Waals surface area contributed by atoms with Crippen molar-refractivity contribution < 1.29 is 38.4 Å². The van der Waals surface area contributed by atoms with E-state index in [0.29, 0.717) is 6.42 Å². The Kier molecular flexibility index (Phi) is 14.8. The van der Waals surface area contributed by atoms with Crippen LogP contribution in [0.2, 0.25) is 0 Å². The van der Waals surface area contributed by atoms with Gasteiger partial charge in [0.05, 0.1) is 17.2 Å². The van der Waals surface area contributed by atoms with E-state index in [2.05, 4.69) is 33.7 Å². The van der Waals surface area contributed by atoms with Crippen molar-refractivity contribution in [3.05, 3.63) is 47.7 Å². The Labute approximate surface area is 307 Å². The number of rotatable bonds is 21. The lowest BCUT2D eigenvalue weighted by molar-refractivity contribution is -0.789. The normalized spacial score (nSPS) is 19.1. The Morgan fingerprint density at radius 2 is 1.80 bits per heavy atom. The van der Waals surface area contributed by atoms with Crippen molar-refractivity contribution in [2.24, 2.45) is 11.1 Å². The first kappa shape index (κ1) is 39.7. The fraction of sp³-hybridized carbons (Fsp3) is 0.600. The molecule has 1 saturated heterocycles. The zero-order chi connectivity index (χ0) is 37.0. The summed E-state index contributed by atoms with van der Waals surface area (Å²) in [6.07, 6.45) is 16.0. The predicted molar refractivity (Wildman–Crippen MR) is 192 cm³/mol. The van der Waals surface area contributed by atoms with Gasteiger partial charge in [0.25, 0.3) is 11.8 Å². The van der Waals surface area contributed by atoms with E-state index in [0.717, 1.165) is 41.6 Å². The van der Waals surface area contributed by atoms with Crippen molar-refractivity contribution in [3.63, 3.8) is 0 Å². The molecule has 278 valence electrons. The third kappa shape index (κ3) is 9.84. The molecule has 3 N–H and O–H groups in total. The molecule has 0 saturated carbocycles. The number of nitrogens with zero attached hydrogens (tertiary/aromatic N) is 5. The number of ether oxygens (including phenoxy) is 1. The number of carboxylic acids is 1. The number of esters is 1. The van der Waals surface area contributed by atoms with Crippen LogP contribution in [-0.4, -0.2) is 68.0 Å². The van der Waals surface area contributed by atoms with Crippen LogP contribution in [0.3, 0.4) is 0 Å². The molecule has 0 bridgehead atoms. The maximum absolute atomic E-state index is 13.5. The highest BCUT2D eigenvalue weighted by molar-refractivity contribution is 8.00. The summed E-state index contributed by atoms with van der Waals surface area (Å²) in [7, 11) is 1.24. The predicted octanol–water partition coefficient (Wildman–Crippen LogP) is 3.42. The number of carbonyl (C=O) groups excluding carboxylic acids is 4. The number of β-lactam (4-membered cyclic amide) rings is 1. The monoisotopic (exact) mass is 743 g/mol. The number of nitrogen functional groups attached to an aromatic ring is 1. The van der Waals surface area contributed by atoms with Crippen molar-refractivity contribution in [1.82, 2.24) is 19.6 Å².